The first-order chi connectivity index (χ1) is 12.7. The van der Waals surface area contributed by atoms with Gasteiger partial charge in [-0.05, 0) is 42.9 Å². The molecule has 1 saturated carbocycles. The van der Waals surface area contributed by atoms with Gasteiger partial charge >= 0.3 is 0 Å². The number of rotatable bonds is 5. The molecule has 1 amide bonds. The molecule has 1 aromatic heterocycles. The summed E-state index contributed by atoms with van der Waals surface area (Å²) < 4.78 is 7.68. The molecule has 1 aromatic carbocycles. The van der Waals surface area contributed by atoms with Crippen LogP contribution in [0.4, 0.5) is 0 Å². The first-order valence-corrected chi connectivity index (χ1v) is 9.34. The molecule has 0 spiro atoms. The predicted molar refractivity (Wildman–Crippen MR) is 99.0 cm³/mol. The largest absolute Gasteiger partial charge is 0.490 e. The highest BCUT2D eigenvalue weighted by atomic mass is 16.5. The van der Waals surface area contributed by atoms with E-state index >= 15 is 0 Å². The van der Waals surface area contributed by atoms with Crippen molar-refractivity contribution in [2.45, 2.75) is 31.9 Å². The van der Waals surface area contributed by atoms with Gasteiger partial charge in [-0.2, -0.15) is 0 Å². The first kappa shape index (κ1) is 16.9. The number of aromatic nitrogens is 1. The van der Waals surface area contributed by atoms with Crippen molar-refractivity contribution in [1.29, 1.82) is 0 Å². The van der Waals surface area contributed by atoms with Crippen LogP contribution in [0.2, 0.25) is 0 Å². The fraction of sp³-hybridized carbons (Fsp3) is 0.429. The van der Waals surface area contributed by atoms with Crippen molar-refractivity contribution in [1.82, 2.24) is 9.47 Å². The normalized spacial score (nSPS) is 24.5. The van der Waals surface area contributed by atoms with Crippen LogP contribution in [0.15, 0.2) is 59.5 Å². The third-order valence-electron chi connectivity index (χ3n) is 5.57. The highest BCUT2D eigenvalue weighted by Gasteiger charge is 2.43. The number of aryl methyl sites for hydroxylation is 1. The maximum Gasteiger partial charge on any atom is 0.250 e. The second-order valence-electron chi connectivity index (χ2n) is 7.33. The molecule has 0 bridgehead atoms. The molecule has 136 valence electrons. The molecule has 1 aliphatic carbocycles. The number of nitrogens with zero attached hydrogens (tertiary/aromatic N) is 2. The number of likely N-dealkylation sites (tertiary alicyclic amines) is 1. The highest BCUT2D eigenvalue weighted by molar-refractivity contribution is 5.76. The number of hydrogen-bond donors (Lipinski definition) is 0. The molecule has 0 radical (unpaired) electrons. The average Bonchev–Trinajstić information content (AvgIpc) is 3.20. The monoisotopic (exact) mass is 352 g/mol. The summed E-state index contributed by atoms with van der Waals surface area (Å²) in [6.07, 6.45) is 4.41. The molecule has 5 heteroatoms. The summed E-state index contributed by atoms with van der Waals surface area (Å²) in [6.45, 7) is 2.09. The van der Waals surface area contributed by atoms with Crippen molar-refractivity contribution in [3.8, 4) is 5.75 Å². The molecule has 2 heterocycles. The Balaban J connectivity index is 1.27. The summed E-state index contributed by atoms with van der Waals surface area (Å²) in [5.74, 6) is 2.15. The van der Waals surface area contributed by atoms with Crippen LogP contribution in [0.25, 0.3) is 0 Å². The molecule has 2 aromatic rings. The zero-order chi connectivity index (χ0) is 17.9. The van der Waals surface area contributed by atoms with Crippen molar-refractivity contribution in [2.24, 2.45) is 11.8 Å². The Hall–Kier alpha value is -2.56. The van der Waals surface area contributed by atoms with E-state index in [0.29, 0.717) is 24.8 Å². The zero-order valence-corrected chi connectivity index (χ0v) is 14.8. The smallest absolute Gasteiger partial charge is 0.250 e. The van der Waals surface area contributed by atoms with Gasteiger partial charge < -0.3 is 14.2 Å². The van der Waals surface area contributed by atoms with Gasteiger partial charge in [-0.25, -0.2) is 0 Å². The lowest BCUT2D eigenvalue weighted by atomic mass is 10.0. The summed E-state index contributed by atoms with van der Waals surface area (Å²) in [6, 6.07) is 15.0. The quantitative estimate of drug-likeness (QED) is 0.831. The van der Waals surface area contributed by atoms with E-state index in [1.54, 1.807) is 16.8 Å². The molecule has 26 heavy (non-hydrogen) atoms. The summed E-state index contributed by atoms with van der Waals surface area (Å²) in [7, 11) is 0. The van der Waals surface area contributed by atoms with E-state index in [0.717, 1.165) is 31.7 Å². The SMILES string of the molecule is O=C(CCn1ccccc1=O)N1C[C@H]2CC(Oc3ccccc3)C[C@H]2C1. The Morgan fingerprint density at radius 1 is 1.00 bits per heavy atom. The molecule has 1 saturated heterocycles. The summed E-state index contributed by atoms with van der Waals surface area (Å²) in [4.78, 5) is 26.2. The summed E-state index contributed by atoms with van der Waals surface area (Å²) in [5, 5.41) is 0. The van der Waals surface area contributed by atoms with E-state index in [-0.39, 0.29) is 17.6 Å². The number of ether oxygens (including phenoxy) is 1. The number of hydrogen-bond acceptors (Lipinski definition) is 3. The van der Waals surface area contributed by atoms with Crippen LogP contribution in [-0.4, -0.2) is 34.6 Å². The van der Waals surface area contributed by atoms with Gasteiger partial charge in [0.05, 0.1) is 6.10 Å². The van der Waals surface area contributed by atoms with E-state index in [1.165, 1.54) is 6.07 Å². The molecule has 5 nitrogen and oxygen atoms in total. The lowest BCUT2D eigenvalue weighted by Gasteiger charge is -2.20. The van der Waals surface area contributed by atoms with Gasteiger partial charge in [0, 0.05) is 38.3 Å². The topological polar surface area (TPSA) is 51.5 Å². The van der Waals surface area contributed by atoms with E-state index < -0.39 is 0 Å². The van der Waals surface area contributed by atoms with Gasteiger partial charge in [0.2, 0.25) is 5.91 Å². The van der Waals surface area contributed by atoms with Crippen LogP contribution >= 0.6 is 0 Å². The van der Waals surface area contributed by atoms with Crippen LogP contribution in [0.3, 0.4) is 0 Å². The zero-order valence-electron chi connectivity index (χ0n) is 14.8. The van der Waals surface area contributed by atoms with Crippen LogP contribution in [0.5, 0.6) is 5.75 Å². The minimum absolute atomic E-state index is 0.0560. The number of benzene rings is 1. The maximum atomic E-state index is 12.5. The minimum Gasteiger partial charge on any atom is -0.490 e. The molecule has 3 atom stereocenters. The Bertz CT molecular complexity index is 803. The Morgan fingerprint density at radius 3 is 2.38 bits per heavy atom. The number of carbonyl (C=O) groups is 1. The number of fused-ring (bicyclic) bond motifs is 1. The summed E-state index contributed by atoms with van der Waals surface area (Å²) >= 11 is 0. The third kappa shape index (κ3) is 3.66. The van der Waals surface area contributed by atoms with Gasteiger partial charge in [-0.3, -0.25) is 9.59 Å². The second kappa shape index (κ2) is 7.36. The van der Waals surface area contributed by atoms with Crippen molar-refractivity contribution >= 4 is 5.91 Å². The van der Waals surface area contributed by atoms with Gasteiger partial charge in [-0.15, -0.1) is 0 Å². The Labute approximate surface area is 153 Å². The van der Waals surface area contributed by atoms with Gasteiger partial charge in [0.1, 0.15) is 5.75 Å². The first-order valence-electron chi connectivity index (χ1n) is 9.34. The lowest BCUT2D eigenvalue weighted by Crippen LogP contribution is -2.32. The molecule has 1 unspecified atom stereocenters. The number of pyridine rings is 1. The van der Waals surface area contributed by atoms with E-state index in [2.05, 4.69) is 0 Å². The number of amides is 1. The van der Waals surface area contributed by atoms with Crippen LogP contribution < -0.4 is 10.3 Å². The van der Waals surface area contributed by atoms with Crippen molar-refractivity contribution in [3.63, 3.8) is 0 Å². The van der Waals surface area contributed by atoms with E-state index in [4.69, 9.17) is 4.74 Å². The predicted octanol–water partition coefficient (Wildman–Crippen LogP) is 2.55. The highest BCUT2D eigenvalue weighted by Crippen LogP contribution is 2.39. The second-order valence-corrected chi connectivity index (χ2v) is 7.33. The Morgan fingerprint density at radius 2 is 1.69 bits per heavy atom. The van der Waals surface area contributed by atoms with Crippen molar-refractivity contribution in [3.05, 3.63) is 65.1 Å². The maximum absolute atomic E-state index is 12.5. The summed E-state index contributed by atoms with van der Waals surface area (Å²) in [5.41, 5.74) is -0.0560. The van der Waals surface area contributed by atoms with Crippen LogP contribution in [0, 0.1) is 11.8 Å². The fourth-order valence-corrected chi connectivity index (χ4v) is 4.26. The molecule has 2 aliphatic rings. The molecule has 0 N–H and O–H groups in total. The van der Waals surface area contributed by atoms with Crippen molar-refractivity contribution in [2.75, 3.05) is 13.1 Å². The number of carbonyl (C=O) groups excluding carboxylic acids is 1. The molecule has 1 aliphatic heterocycles. The lowest BCUT2D eigenvalue weighted by molar-refractivity contribution is -0.130. The average molecular weight is 352 g/mol. The minimum atomic E-state index is -0.0560. The third-order valence-corrected chi connectivity index (χ3v) is 5.57. The van der Waals surface area contributed by atoms with Crippen molar-refractivity contribution < 1.29 is 9.53 Å². The van der Waals surface area contributed by atoms with Crippen LogP contribution in [-0.2, 0) is 11.3 Å². The van der Waals surface area contributed by atoms with E-state index in [9.17, 15) is 9.59 Å². The molecule has 2 fully saturated rings. The molecule has 4 rings (SSSR count). The van der Waals surface area contributed by atoms with Crippen LogP contribution in [0.1, 0.15) is 19.3 Å². The standard InChI is InChI=1S/C21H24N2O3/c24-20-8-4-5-10-22(20)11-9-21(25)23-14-16-12-19(13-17(16)15-23)26-18-6-2-1-3-7-18/h1-8,10,16-17,19H,9,11-15H2/t16-,17+,19?. The van der Waals surface area contributed by atoms with Gasteiger partial charge in [-0.1, -0.05) is 24.3 Å². The van der Waals surface area contributed by atoms with Gasteiger partial charge in [0.25, 0.3) is 5.56 Å². The Kier molecular flexibility index (Phi) is 4.78. The molecular weight excluding hydrogens is 328 g/mol. The fourth-order valence-electron chi connectivity index (χ4n) is 4.26. The van der Waals surface area contributed by atoms with Gasteiger partial charge in [0.15, 0.2) is 0 Å². The molecular formula is C21H24N2O3. The number of para-hydroxylation sites is 1. The van der Waals surface area contributed by atoms with E-state index in [1.807, 2.05) is 41.3 Å².